The van der Waals surface area contributed by atoms with E-state index in [-0.39, 0.29) is 0 Å². The third kappa shape index (κ3) is 5.53. The van der Waals surface area contributed by atoms with E-state index in [0.717, 1.165) is 12.0 Å². The van der Waals surface area contributed by atoms with Crippen molar-refractivity contribution in [3.05, 3.63) is 0 Å². The standard InChI is InChI=1S/C13H28N2/c1-11(2)5-8-15-9-6-13(7-10-15)14-12(3)4/h11-14H,5-10H2,1-4H3. The van der Waals surface area contributed by atoms with Gasteiger partial charge in [-0.2, -0.15) is 0 Å². The van der Waals surface area contributed by atoms with Gasteiger partial charge in [0.25, 0.3) is 0 Å². The van der Waals surface area contributed by atoms with Gasteiger partial charge in [-0.25, -0.2) is 0 Å². The van der Waals surface area contributed by atoms with Gasteiger partial charge in [0.15, 0.2) is 0 Å². The summed E-state index contributed by atoms with van der Waals surface area (Å²) in [6.45, 7) is 13.0. The maximum Gasteiger partial charge on any atom is 0.00937 e. The molecule has 0 amide bonds. The second kappa shape index (κ2) is 6.49. The zero-order valence-electron chi connectivity index (χ0n) is 10.9. The molecule has 1 rings (SSSR count). The largest absolute Gasteiger partial charge is 0.312 e. The zero-order valence-corrected chi connectivity index (χ0v) is 10.9. The molecule has 0 aromatic carbocycles. The average molecular weight is 212 g/mol. The van der Waals surface area contributed by atoms with E-state index in [0.29, 0.717) is 6.04 Å². The van der Waals surface area contributed by atoms with Crippen LogP contribution in [0.5, 0.6) is 0 Å². The van der Waals surface area contributed by atoms with Crippen molar-refractivity contribution in [2.24, 2.45) is 5.92 Å². The van der Waals surface area contributed by atoms with Gasteiger partial charge in [-0.15, -0.1) is 0 Å². The van der Waals surface area contributed by atoms with E-state index >= 15 is 0 Å². The lowest BCUT2D eigenvalue weighted by Gasteiger charge is -2.33. The summed E-state index contributed by atoms with van der Waals surface area (Å²) in [6, 6.07) is 1.40. The Balaban J connectivity index is 2.12. The first kappa shape index (κ1) is 13.0. The van der Waals surface area contributed by atoms with Crippen molar-refractivity contribution in [1.29, 1.82) is 0 Å². The van der Waals surface area contributed by atoms with Gasteiger partial charge in [-0.1, -0.05) is 27.7 Å². The summed E-state index contributed by atoms with van der Waals surface area (Å²) in [7, 11) is 0. The van der Waals surface area contributed by atoms with Crippen LogP contribution >= 0.6 is 0 Å². The molecule has 1 saturated heterocycles. The SMILES string of the molecule is CC(C)CCN1CCC(NC(C)C)CC1. The van der Waals surface area contributed by atoms with Crippen LogP contribution in [0.25, 0.3) is 0 Å². The molecule has 0 saturated carbocycles. The molecule has 2 heteroatoms. The van der Waals surface area contributed by atoms with Gasteiger partial charge < -0.3 is 10.2 Å². The van der Waals surface area contributed by atoms with E-state index in [1.54, 1.807) is 0 Å². The molecule has 0 aromatic heterocycles. The summed E-state index contributed by atoms with van der Waals surface area (Å²) in [5.74, 6) is 0.844. The number of piperidine rings is 1. The summed E-state index contributed by atoms with van der Waals surface area (Å²) in [5.41, 5.74) is 0. The minimum absolute atomic E-state index is 0.636. The van der Waals surface area contributed by atoms with E-state index in [9.17, 15) is 0 Å². The summed E-state index contributed by atoms with van der Waals surface area (Å²) in [5, 5.41) is 3.64. The zero-order chi connectivity index (χ0) is 11.3. The van der Waals surface area contributed by atoms with Crippen molar-refractivity contribution >= 4 is 0 Å². The van der Waals surface area contributed by atoms with Gasteiger partial charge >= 0.3 is 0 Å². The molecule has 0 unspecified atom stereocenters. The fraction of sp³-hybridized carbons (Fsp3) is 1.00. The Hall–Kier alpha value is -0.0800. The molecule has 2 nitrogen and oxygen atoms in total. The van der Waals surface area contributed by atoms with Crippen LogP contribution in [0, 0.1) is 5.92 Å². The first-order valence-electron chi connectivity index (χ1n) is 6.56. The van der Waals surface area contributed by atoms with Crippen molar-refractivity contribution in [1.82, 2.24) is 10.2 Å². The third-order valence-corrected chi connectivity index (χ3v) is 3.18. The molecule has 0 aliphatic carbocycles. The smallest absolute Gasteiger partial charge is 0.00937 e. The Morgan fingerprint density at radius 3 is 2.20 bits per heavy atom. The van der Waals surface area contributed by atoms with Crippen molar-refractivity contribution in [2.75, 3.05) is 19.6 Å². The van der Waals surface area contributed by atoms with E-state index in [2.05, 4.69) is 37.9 Å². The molecule has 0 radical (unpaired) electrons. The monoisotopic (exact) mass is 212 g/mol. The number of likely N-dealkylation sites (tertiary alicyclic amines) is 1. The van der Waals surface area contributed by atoms with Crippen LogP contribution in [-0.4, -0.2) is 36.6 Å². The predicted octanol–water partition coefficient (Wildman–Crippen LogP) is 2.49. The first-order chi connectivity index (χ1) is 7.08. The first-order valence-corrected chi connectivity index (χ1v) is 6.56. The van der Waals surface area contributed by atoms with Crippen LogP contribution in [0.3, 0.4) is 0 Å². The van der Waals surface area contributed by atoms with Crippen LogP contribution < -0.4 is 5.32 Å². The molecule has 1 heterocycles. The quantitative estimate of drug-likeness (QED) is 0.753. The van der Waals surface area contributed by atoms with Crippen molar-refractivity contribution < 1.29 is 0 Å². The fourth-order valence-corrected chi connectivity index (χ4v) is 2.24. The molecule has 90 valence electrons. The fourth-order valence-electron chi connectivity index (χ4n) is 2.24. The number of hydrogen-bond acceptors (Lipinski definition) is 2. The Labute approximate surface area is 95.4 Å². The van der Waals surface area contributed by atoms with Crippen LogP contribution in [0.15, 0.2) is 0 Å². The molecular weight excluding hydrogens is 184 g/mol. The molecule has 15 heavy (non-hydrogen) atoms. The van der Waals surface area contributed by atoms with E-state index < -0.39 is 0 Å². The molecule has 0 spiro atoms. The van der Waals surface area contributed by atoms with E-state index in [1.807, 2.05) is 0 Å². The highest BCUT2D eigenvalue weighted by Crippen LogP contribution is 2.12. The molecular formula is C13H28N2. The molecule has 1 fully saturated rings. The molecule has 1 N–H and O–H groups in total. The number of nitrogens with one attached hydrogen (secondary N) is 1. The maximum atomic E-state index is 3.64. The lowest BCUT2D eigenvalue weighted by molar-refractivity contribution is 0.185. The number of hydrogen-bond donors (Lipinski definition) is 1. The second-order valence-electron chi connectivity index (χ2n) is 5.62. The Morgan fingerprint density at radius 1 is 1.13 bits per heavy atom. The highest BCUT2D eigenvalue weighted by Gasteiger charge is 2.18. The molecule has 1 aliphatic heterocycles. The average Bonchev–Trinajstić information content (AvgIpc) is 2.16. The van der Waals surface area contributed by atoms with Crippen molar-refractivity contribution in [2.45, 2.75) is 59.0 Å². The summed E-state index contributed by atoms with van der Waals surface area (Å²) in [4.78, 5) is 2.62. The summed E-state index contributed by atoms with van der Waals surface area (Å²) in [6.07, 6.45) is 4.01. The van der Waals surface area contributed by atoms with E-state index in [4.69, 9.17) is 0 Å². The van der Waals surface area contributed by atoms with Crippen LogP contribution in [0.4, 0.5) is 0 Å². The van der Waals surface area contributed by atoms with Gasteiger partial charge in [-0.05, 0) is 44.8 Å². The molecule has 0 bridgehead atoms. The minimum atomic E-state index is 0.636. The number of nitrogens with zero attached hydrogens (tertiary/aromatic N) is 1. The normalized spacial score (nSPS) is 20.4. The Morgan fingerprint density at radius 2 is 1.73 bits per heavy atom. The van der Waals surface area contributed by atoms with Gasteiger partial charge in [0.2, 0.25) is 0 Å². The highest BCUT2D eigenvalue weighted by molar-refractivity contribution is 4.78. The topological polar surface area (TPSA) is 15.3 Å². The Kier molecular flexibility index (Phi) is 5.62. The molecule has 0 atom stereocenters. The second-order valence-corrected chi connectivity index (χ2v) is 5.62. The van der Waals surface area contributed by atoms with Crippen LogP contribution in [0.1, 0.15) is 47.0 Å². The summed E-state index contributed by atoms with van der Waals surface area (Å²) >= 11 is 0. The Bertz CT molecular complexity index is 158. The van der Waals surface area contributed by atoms with Crippen LogP contribution in [0.2, 0.25) is 0 Å². The van der Waals surface area contributed by atoms with Crippen LogP contribution in [-0.2, 0) is 0 Å². The highest BCUT2D eigenvalue weighted by atomic mass is 15.1. The van der Waals surface area contributed by atoms with Crippen molar-refractivity contribution in [3.63, 3.8) is 0 Å². The lowest BCUT2D eigenvalue weighted by Crippen LogP contribution is -2.45. The summed E-state index contributed by atoms with van der Waals surface area (Å²) < 4.78 is 0. The number of rotatable bonds is 5. The predicted molar refractivity (Wildman–Crippen MR) is 67.2 cm³/mol. The van der Waals surface area contributed by atoms with Crippen molar-refractivity contribution in [3.8, 4) is 0 Å². The van der Waals surface area contributed by atoms with E-state index in [1.165, 1.54) is 38.9 Å². The molecule has 1 aliphatic rings. The van der Waals surface area contributed by atoms with Gasteiger partial charge in [-0.3, -0.25) is 0 Å². The minimum Gasteiger partial charge on any atom is -0.312 e. The third-order valence-electron chi connectivity index (χ3n) is 3.18. The maximum absolute atomic E-state index is 3.64. The van der Waals surface area contributed by atoms with Gasteiger partial charge in [0.05, 0.1) is 0 Å². The molecule has 0 aromatic rings. The van der Waals surface area contributed by atoms with Gasteiger partial charge in [0, 0.05) is 12.1 Å². The van der Waals surface area contributed by atoms with Gasteiger partial charge in [0.1, 0.15) is 0 Å². The lowest BCUT2D eigenvalue weighted by atomic mass is 10.0.